The Morgan fingerprint density at radius 3 is 2.62 bits per heavy atom. The van der Waals surface area contributed by atoms with Gasteiger partial charge in [0.15, 0.2) is 0 Å². The quantitative estimate of drug-likeness (QED) is 0.763. The number of hydrogen-bond acceptors (Lipinski definition) is 4. The molecule has 0 heterocycles. The molecule has 6 heteroatoms. The van der Waals surface area contributed by atoms with Gasteiger partial charge in [-0.1, -0.05) is 13.0 Å². The van der Waals surface area contributed by atoms with Gasteiger partial charge in [-0.25, -0.2) is 13.1 Å². The standard InChI is InChI=1S/C15H26N2O3S/c1-5-13(3)17(4)9-8-16-21(19,20)15-7-6-12(2)14(10-15)11-18/h6-7,10,13,16,18H,5,8-9,11H2,1-4H3. The van der Waals surface area contributed by atoms with Gasteiger partial charge < -0.3 is 10.0 Å². The van der Waals surface area contributed by atoms with E-state index in [2.05, 4.69) is 23.5 Å². The Morgan fingerprint density at radius 1 is 1.38 bits per heavy atom. The summed E-state index contributed by atoms with van der Waals surface area (Å²) in [5.74, 6) is 0. The smallest absolute Gasteiger partial charge is 0.240 e. The van der Waals surface area contributed by atoms with Crippen molar-refractivity contribution in [1.29, 1.82) is 0 Å². The van der Waals surface area contributed by atoms with Gasteiger partial charge in [-0.2, -0.15) is 0 Å². The zero-order valence-corrected chi connectivity index (χ0v) is 14.1. The number of sulfonamides is 1. The first-order valence-electron chi connectivity index (χ1n) is 7.22. The molecule has 0 spiro atoms. The highest BCUT2D eigenvalue weighted by Gasteiger charge is 2.15. The first kappa shape index (κ1) is 18.1. The topological polar surface area (TPSA) is 69.6 Å². The predicted molar refractivity (Wildman–Crippen MR) is 84.7 cm³/mol. The van der Waals surface area contributed by atoms with Crippen molar-refractivity contribution < 1.29 is 13.5 Å². The zero-order chi connectivity index (χ0) is 16.0. The van der Waals surface area contributed by atoms with Crippen LogP contribution >= 0.6 is 0 Å². The molecule has 0 saturated carbocycles. The van der Waals surface area contributed by atoms with Crippen molar-refractivity contribution in [1.82, 2.24) is 9.62 Å². The minimum absolute atomic E-state index is 0.161. The van der Waals surface area contributed by atoms with Crippen LogP contribution in [0.15, 0.2) is 23.1 Å². The molecule has 2 N–H and O–H groups in total. The second kappa shape index (κ2) is 7.89. The van der Waals surface area contributed by atoms with E-state index in [1.807, 2.05) is 14.0 Å². The monoisotopic (exact) mass is 314 g/mol. The van der Waals surface area contributed by atoms with Crippen LogP contribution in [0.4, 0.5) is 0 Å². The van der Waals surface area contributed by atoms with Gasteiger partial charge in [-0.05, 0) is 50.6 Å². The Kier molecular flexibility index (Phi) is 6.80. The highest BCUT2D eigenvalue weighted by atomic mass is 32.2. The summed E-state index contributed by atoms with van der Waals surface area (Å²) < 4.78 is 27.0. The molecule has 0 aliphatic carbocycles. The highest BCUT2D eigenvalue weighted by Crippen LogP contribution is 2.15. The number of aliphatic hydroxyl groups is 1. The minimum Gasteiger partial charge on any atom is -0.392 e. The van der Waals surface area contributed by atoms with Crippen LogP contribution in [0.25, 0.3) is 0 Å². The van der Waals surface area contributed by atoms with Gasteiger partial charge in [-0.15, -0.1) is 0 Å². The summed E-state index contributed by atoms with van der Waals surface area (Å²) >= 11 is 0. The summed E-state index contributed by atoms with van der Waals surface area (Å²) in [6, 6.07) is 5.23. The fraction of sp³-hybridized carbons (Fsp3) is 0.600. The number of likely N-dealkylation sites (N-methyl/N-ethyl adjacent to an activating group) is 1. The number of aryl methyl sites for hydroxylation is 1. The van der Waals surface area contributed by atoms with Gasteiger partial charge in [0.1, 0.15) is 0 Å². The number of nitrogens with zero attached hydrogens (tertiary/aromatic N) is 1. The number of hydrogen-bond donors (Lipinski definition) is 2. The Labute approximate surface area is 128 Å². The molecule has 1 aromatic rings. The third kappa shape index (κ3) is 5.07. The Hall–Kier alpha value is -0.950. The maximum absolute atomic E-state index is 12.2. The molecule has 5 nitrogen and oxygen atoms in total. The van der Waals surface area contributed by atoms with E-state index in [9.17, 15) is 13.5 Å². The minimum atomic E-state index is -3.53. The number of benzene rings is 1. The van der Waals surface area contributed by atoms with E-state index in [1.165, 1.54) is 6.07 Å². The van der Waals surface area contributed by atoms with Crippen molar-refractivity contribution in [2.24, 2.45) is 0 Å². The lowest BCUT2D eigenvalue weighted by atomic mass is 10.1. The molecule has 1 atom stereocenters. The number of rotatable bonds is 8. The summed E-state index contributed by atoms with van der Waals surface area (Å²) in [6.45, 7) is 6.93. The van der Waals surface area contributed by atoms with Crippen LogP contribution < -0.4 is 4.72 Å². The first-order chi connectivity index (χ1) is 9.81. The van der Waals surface area contributed by atoms with Crippen LogP contribution in [0, 0.1) is 6.92 Å². The molecule has 0 amide bonds. The molecule has 0 radical (unpaired) electrons. The van der Waals surface area contributed by atoms with Crippen LogP contribution in [0.5, 0.6) is 0 Å². The Balaban J connectivity index is 2.70. The van der Waals surface area contributed by atoms with E-state index in [-0.39, 0.29) is 11.5 Å². The molecule has 21 heavy (non-hydrogen) atoms. The first-order valence-corrected chi connectivity index (χ1v) is 8.70. The largest absolute Gasteiger partial charge is 0.392 e. The van der Waals surface area contributed by atoms with Crippen LogP contribution in [-0.4, -0.2) is 44.6 Å². The molecule has 0 bridgehead atoms. The van der Waals surface area contributed by atoms with E-state index < -0.39 is 10.0 Å². The third-order valence-corrected chi connectivity index (χ3v) is 5.36. The van der Waals surface area contributed by atoms with Gasteiger partial charge in [0, 0.05) is 19.1 Å². The molecule has 1 rings (SSSR count). The fourth-order valence-corrected chi connectivity index (χ4v) is 3.03. The highest BCUT2D eigenvalue weighted by molar-refractivity contribution is 7.89. The average molecular weight is 314 g/mol. The summed E-state index contributed by atoms with van der Waals surface area (Å²) in [4.78, 5) is 2.32. The maximum Gasteiger partial charge on any atom is 0.240 e. The van der Waals surface area contributed by atoms with Gasteiger partial charge in [0.05, 0.1) is 11.5 Å². The molecule has 120 valence electrons. The Bertz CT molecular complexity index is 558. The lowest BCUT2D eigenvalue weighted by Gasteiger charge is -2.23. The van der Waals surface area contributed by atoms with Gasteiger partial charge in [-0.3, -0.25) is 0 Å². The number of aliphatic hydroxyl groups excluding tert-OH is 1. The Morgan fingerprint density at radius 2 is 2.05 bits per heavy atom. The molecule has 0 aromatic heterocycles. The maximum atomic E-state index is 12.2. The van der Waals surface area contributed by atoms with Crippen molar-refractivity contribution in [2.45, 2.75) is 44.7 Å². The van der Waals surface area contributed by atoms with E-state index in [4.69, 9.17) is 0 Å². The second-order valence-corrected chi connectivity index (χ2v) is 7.15. The molecule has 0 aliphatic heterocycles. The summed E-state index contributed by atoms with van der Waals surface area (Å²) in [6.07, 6.45) is 1.03. The van der Waals surface area contributed by atoms with E-state index in [1.54, 1.807) is 12.1 Å². The van der Waals surface area contributed by atoms with Crippen LogP contribution in [0.1, 0.15) is 31.4 Å². The fourth-order valence-electron chi connectivity index (χ4n) is 1.96. The molecule has 0 aliphatic rings. The molecular weight excluding hydrogens is 288 g/mol. The predicted octanol–water partition coefficient (Wildman–Crippen LogP) is 1.50. The normalized spacial score (nSPS) is 13.6. The third-order valence-electron chi connectivity index (χ3n) is 3.90. The summed E-state index contributed by atoms with van der Waals surface area (Å²) in [5, 5.41) is 9.22. The van der Waals surface area contributed by atoms with E-state index >= 15 is 0 Å². The van der Waals surface area contributed by atoms with E-state index in [0.717, 1.165) is 12.0 Å². The summed E-state index contributed by atoms with van der Waals surface area (Å²) in [7, 11) is -1.54. The van der Waals surface area contributed by atoms with Crippen molar-refractivity contribution in [3.05, 3.63) is 29.3 Å². The van der Waals surface area contributed by atoms with Gasteiger partial charge in [0.25, 0.3) is 0 Å². The van der Waals surface area contributed by atoms with Crippen molar-refractivity contribution in [3.8, 4) is 0 Å². The van der Waals surface area contributed by atoms with Crippen LogP contribution in [-0.2, 0) is 16.6 Å². The SMILES string of the molecule is CCC(C)N(C)CCNS(=O)(=O)c1ccc(C)c(CO)c1. The van der Waals surface area contributed by atoms with Gasteiger partial charge >= 0.3 is 0 Å². The molecule has 1 aromatic carbocycles. The molecular formula is C15H26N2O3S. The van der Waals surface area contributed by atoms with Crippen LogP contribution in [0.3, 0.4) is 0 Å². The van der Waals surface area contributed by atoms with Crippen molar-refractivity contribution >= 4 is 10.0 Å². The van der Waals surface area contributed by atoms with E-state index in [0.29, 0.717) is 24.7 Å². The number of nitrogens with one attached hydrogen (secondary N) is 1. The summed E-state index contributed by atoms with van der Waals surface area (Å²) in [5.41, 5.74) is 1.52. The lowest BCUT2D eigenvalue weighted by molar-refractivity contribution is 0.256. The average Bonchev–Trinajstić information content (AvgIpc) is 2.46. The van der Waals surface area contributed by atoms with Gasteiger partial charge in [0.2, 0.25) is 10.0 Å². The second-order valence-electron chi connectivity index (χ2n) is 5.38. The zero-order valence-electron chi connectivity index (χ0n) is 13.3. The molecule has 0 saturated heterocycles. The van der Waals surface area contributed by atoms with Crippen molar-refractivity contribution in [2.75, 3.05) is 20.1 Å². The van der Waals surface area contributed by atoms with Crippen molar-refractivity contribution in [3.63, 3.8) is 0 Å². The molecule has 0 fully saturated rings. The molecule has 1 unspecified atom stereocenters. The lowest BCUT2D eigenvalue weighted by Crippen LogP contribution is -2.37. The van der Waals surface area contributed by atoms with Crippen LogP contribution in [0.2, 0.25) is 0 Å².